The molecule has 2 nitrogen and oxygen atoms in total. The van der Waals surface area contributed by atoms with Crippen LogP contribution in [0.4, 0.5) is 0 Å². The fourth-order valence-electron chi connectivity index (χ4n) is 0.906. The average Bonchev–Trinajstić information content (AvgIpc) is 1.85. The Hall–Kier alpha value is -0.410. The summed E-state index contributed by atoms with van der Waals surface area (Å²) >= 11 is 3.32. The molecule has 0 bridgehead atoms. The molecule has 0 amide bonds. The van der Waals surface area contributed by atoms with Crippen molar-refractivity contribution in [1.29, 1.82) is 0 Å². The Morgan fingerprint density at radius 3 is 2.82 bits per heavy atom. The predicted molar refractivity (Wildman–Crippen MR) is 49.3 cm³/mol. The van der Waals surface area contributed by atoms with Gasteiger partial charge in [-0.3, -0.25) is 0 Å². The van der Waals surface area contributed by atoms with Gasteiger partial charge in [0.2, 0.25) is 0 Å². The molecule has 0 aliphatic rings. The van der Waals surface area contributed by atoms with Gasteiger partial charge in [-0.15, -0.1) is 0 Å². The van der Waals surface area contributed by atoms with Crippen LogP contribution in [0.1, 0.15) is 5.56 Å². The summed E-state index contributed by atoms with van der Waals surface area (Å²) < 4.78 is 0.900. The van der Waals surface area contributed by atoms with Crippen molar-refractivity contribution in [2.24, 2.45) is 0 Å². The topological polar surface area (TPSA) is 16.1 Å². The summed E-state index contributed by atoms with van der Waals surface area (Å²) in [5, 5.41) is 0. The van der Waals surface area contributed by atoms with E-state index in [4.69, 9.17) is 0 Å². The molecule has 0 N–H and O–H groups in total. The fraction of sp³-hybridized carbons (Fsp3) is 0.375. The van der Waals surface area contributed by atoms with Crippen molar-refractivity contribution in [1.82, 2.24) is 9.88 Å². The highest BCUT2D eigenvalue weighted by Crippen LogP contribution is 2.08. The lowest BCUT2D eigenvalue weighted by molar-refractivity contribution is 0.402. The van der Waals surface area contributed by atoms with Gasteiger partial charge in [0.1, 0.15) is 4.60 Å². The lowest BCUT2D eigenvalue weighted by Crippen LogP contribution is -2.10. The molecule has 60 valence electrons. The van der Waals surface area contributed by atoms with Gasteiger partial charge in [0.25, 0.3) is 0 Å². The van der Waals surface area contributed by atoms with E-state index in [9.17, 15) is 0 Å². The monoisotopic (exact) mass is 214 g/mol. The number of nitrogens with zero attached hydrogens (tertiary/aromatic N) is 2. The molecule has 0 saturated carbocycles. The molecule has 0 fully saturated rings. The van der Waals surface area contributed by atoms with Crippen molar-refractivity contribution in [3.05, 3.63) is 28.5 Å². The van der Waals surface area contributed by atoms with Gasteiger partial charge < -0.3 is 4.90 Å². The highest BCUT2D eigenvalue weighted by Gasteiger charge is 1.95. The first-order valence-corrected chi connectivity index (χ1v) is 4.23. The van der Waals surface area contributed by atoms with E-state index in [1.807, 2.05) is 32.4 Å². The maximum atomic E-state index is 4.05. The minimum Gasteiger partial charge on any atom is -0.305 e. The van der Waals surface area contributed by atoms with Gasteiger partial charge in [0, 0.05) is 12.7 Å². The standard InChI is InChI=1S/C8H11BrN2/c1-11(2)6-7-3-4-10-8(9)5-7/h3-5H,6H2,1-2H3. The minimum absolute atomic E-state index is 0.900. The van der Waals surface area contributed by atoms with Crippen LogP contribution in [0.15, 0.2) is 22.9 Å². The summed E-state index contributed by atoms with van der Waals surface area (Å²) in [5.74, 6) is 0. The van der Waals surface area contributed by atoms with Crippen molar-refractivity contribution in [2.45, 2.75) is 6.54 Å². The molecule has 0 aliphatic heterocycles. The second-order valence-electron chi connectivity index (χ2n) is 2.72. The van der Waals surface area contributed by atoms with E-state index in [1.165, 1.54) is 5.56 Å². The van der Waals surface area contributed by atoms with Gasteiger partial charge in [-0.05, 0) is 47.7 Å². The van der Waals surface area contributed by atoms with Crippen molar-refractivity contribution >= 4 is 15.9 Å². The molecule has 1 aromatic rings. The maximum Gasteiger partial charge on any atom is 0.106 e. The van der Waals surface area contributed by atoms with Crippen LogP contribution in [0.2, 0.25) is 0 Å². The van der Waals surface area contributed by atoms with E-state index in [0.29, 0.717) is 0 Å². The zero-order valence-electron chi connectivity index (χ0n) is 6.71. The molecule has 0 aliphatic carbocycles. The summed E-state index contributed by atoms with van der Waals surface area (Å²) in [6, 6.07) is 4.05. The van der Waals surface area contributed by atoms with Gasteiger partial charge in [-0.1, -0.05) is 0 Å². The van der Waals surface area contributed by atoms with Crippen LogP contribution in [0, 0.1) is 0 Å². The molecule has 0 atom stereocenters. The van der Waals surface area contributed by atoms with Crippen molar-refractivity contribution in [3.8, 4) is 0 Å². The molecule has 1 heterocycles. The van der Waals surface area contributed by atoms with Gasteiger partial charge in [0.05, 0.1) is 0 Å². The summed E-state index contributed by atoms with van der Waals surface area (Å²) in [6.07, 6.45) is 1.81. The van der Waals surface area contributed by atoms with Crippen molar-refractivity contribution in [3.63, 3.8) is 0 Å². The quantitative estimate of drug-likeness (QED) is 0.700. The van der Waals surface area contributed by atoms with Gasteiger partial charge in [-0.25, -0.2) is 4.98 Å². The molecule has 0 radical (unpaired) electrons. The highest BCUT2D eigenvalue weighted by molar-refractivity contribution is 9.10. The number of halogens is 1. The van der Waals surface area contributed by atoms with Gasteiger partial charge in [0.15, 0.2) is 0 Å². The lowest BCUT2D eigenvalue weighted by Gasteiger charge is -2.08. The Labute approximate surface area is 75.4 Å². The fourth-order valence-corrected chi connectivity index (χ4v) is 1.32. The first kappa shape index (κ1) is 8.68. The average molecular weight is 215 g/mol. The SMILES string of the molecule is CN(C)Cc1ccnc(Br)c1. The van der Waals surface area contributed by atoms with Crippen molar-refractivity contribution < 1.29 is 0 Å². The van der Waals surface area contributed by atoms with Gasteiger partial charge >= 0.3 is 0 Å². The second kappa shape index (κ2) is 3.83. The smallest absolute Gasteiger partial charge is 0.106 e. The number of hydrogen-bond acceptors (Lipinski definition) is 2. The third-order valence-electron chi connectivity index (χ3n) is 1.29. The summed E-state index contributed by atoms with van der Waals surface area (Å²) in [4.78, 5) is 6.17. The Morgan fingerprint density at radius 2 is 2.27 bits per heavy atom. The molecular formula is C8H11BrN2. The van der Waals surface area contributed by atoms with Crippen LogP contribution >= 0.6 is 15.9 Å². The number of pyridine rings is 1. The number of hydrogen-bond donors (Lipinski definition) is 0. The molecule has 1 rings (SSSR count). The van der Waals surface area contributed by atoms with E-state index in [0.717, 1.165) is 11.1 Å². The largest absolute Gasteiger partial charge is 0.305 e. The third kappa shape index (κ3) is 2.99. The Balaban J connectivity index is 2.71. The molecule has 3 heteroatoms. The van der Waals surface area contributed by atoms with Crippen LogP contribution < -0.4 is 0 Å². The predicted octanol–water partition coefficient (Wildman–Crippen LogP) is 1.91. The molecule has 0 aromatic carbocycles. The third-order valence-corrected chi connectivity index (χ3v) is 1.72. The molecule has 0 unspecified atom stereocenters. The Morgan fingerprint density at radius 1 is 1.55 bits per heavy atom. The zero-order chi connectivity index (χ0) is 8.27. The van der Waals surface area contributed by atoms with E-state index in [2.05, 4.69) is 25.8 Å². The first-order valence-electron chi connectivity index (χ1n) is 3.43. The van der Waals surface area contributed by atoms with Gasteiger partial charge in [-0.2, -0.15) is 0 Å². The van der Waals surface area contributed by atoms with Crippen LogP contribution in [-0.2, 0) is 6.54 Å². The van der Waals surface area contributed by atoms with E-state index < -0.39 is 0 Å². The second-order valence-corrected chi connectivity index (χ2v) is 3.54. The summed E-state index contributed by atoms with van der Waals surface area (Å²) in [5.41, 5.74) is 1.27. The molecular weight excluding hydrogens is 204 g/mol. The highest BCUT2D eigenvalue weighted by atomic mass is 79.9. The lowest BCUT2D eigenvalue weighted by atomic mass is 10.3. The van der Waals surface area contributed by atoms with Crippen LogP contribution in [0.5, 0.6) is 0 Å². The van der Waals surface area contributed by atoms with Crippen LogP contribution in [-0.4, -0.2) is 24.0 Å². The molecule has 11 heavy (non-hydrogen) atoms. The normalized spacial score (nSPS) is 10.5. The minimum atomic E-state index is 0.900. The number of rotatable bonds is 2. The molecule has 1 aromatic heterocycles. The Bertz CT molecular complexity index is 235. The summed E-state index contributed by atoms with van der Waals surface area (Å²) in [6.45, 7) is 0.959. The maximum absolute atomic E-state index is 4.05. The Kier molecular flexibility index (Phi) is 3.02. The number of aromatic nitrogens is 1. The molecule has 0 saturated heterocycles. The van der Waals surface area contributed by atoms with Crippen molar-refractivity contribution in [2.75, 3.05) is 14.1 Å². The molecule has 0 spiro atoms. The van der Waals surface area contributed by atoms with Crippen LogP contribution in [0.3, 0.4) is 0 Å². The van der Waals surface area contributed by atoms with E-state index in [-0.39, 0.29) is 0 Å². The van der Waals surface area contributed by atoms with Crippen LogP contribution in [0.25, 0.3) is 0 Å². The van der Waals surface area contributed by atoms with E-state index >= 15 is 0 Å². The zero-order valence-corrected chi connectivity index (χ0v) is 8.30. The van der Waals surface area contributed by atoms with E-state index in [1.54, 1.807) is 0 Å². The first-order chi connectivity index (χ1) is 5.18. The summed E-state index contributed by atoms with van der Waals surface area (Å²) in [7, 11) is 4.10.